The van der Waals surface area contributed by atoms with Gasteiger partial charge in [0.15, 0.2) is 0 Å². The average Bonchev–Trinajstić information content (AvgIpc) is 3.04. The molecular weight excluding hydrogens is 449 g/mol. The summed E-state index contributed by atoms with van der Waals surface area (Å²) < 4.78 is 53.1. The van der Waals surface area contributed by atoms with Crippen molar-refractivity contribution >= 4 is 5.97 Å². The number of pyridine rings is 1. The minimum absolute atomic E-state index is 0.0259. The Balaban J connectivity index is 1.61. The quantitative estimate of drug-likeness (QED) is 0.513. The zero-order valence-electron chi connectivity index (χ0n) is 18.5. The summed E-state index contributed by atoms with van der Waals surface area (Å²) in [6.07, 6.45) is 0.296. The molecule has 3 aromatic rings. The summed E-state index contributed by atoms with van der Waals surface area (Å²) in [5, 5.41) is 0. The van der Waals surface area contributed by atoms with E-state index in [-0.39, 0.29) is 47.9 Å². The van der Waals surface area contributed by atoms with Gasteiger partial charge in [0.05, 0.1) is 7.11 Å². The van der Waals surface area contributed by atoms with Gasteiger partial charge in [-0.15, -0.1) is 0 Å². The Morgan fingerprint density at radius 1 is 0.971 bits per heavy atom. The van der Waals surface area contributed by atoms with Crippen molar-refractivity contribution in [1.29, 1.82) is 0 Å². The fourth-order valence-electron chi connectivity index (χ4n) is 4.03. The maximum atomic E-state index is 14.1. The molecule has 0 fully saturated rings. The maximum Gasteiger partial charge on any atom is 0.343 e. The highest BCUT2D eigenvalue weighted by atomic mass is 19.1. The molecule has 0 spiro atoms. The van der Waals surface area contributed by atoms with Crippen LogP contribution in [0.5, 0.6) is 5.75 Å². The molecule has 0 saturated carbocycles. The Bertz CT molecular complexity index is 1260. The van der Waals surface area contributed by atoms with Crippen molar-refractivity contribution in [2.24, 2.45) is 0 Å². The Morgan fingerprint density at radius 3 is 2.44 bits per heavy atom. The Labute approximate surface area is 194 Å². The van der Waals surface area contributed by atoms with Crippen molar-refractivity contribution in [1.82, 2.24) is 9.47 Å². The SMILES string of the molecule is COC(=O)c1c(OCc2ccc(F)cc2)cc(=O)n2c1CCN(Cc1cc(F)ccc1F)CC2. The minimum atomic E-state index is -0.650. The molecule has 0 atom stereocenters. The molecule has 6 nitrogen and oxygen atoms in total. The number of nitrogens with zero attached hydrogens (tertiary/aromatic N) is 2. The van der Waals surface area contributed by atoms with Crippen LogP contribution in [-0.2, 0) is 30.9 Å². The third-order valence-electron chi connectivity index (χ3n) is 5.78. The highest BCUT2D eigenvalue weighted by molar-refractivity contribution is 5.93. The predicted octanol–water partition coefficient (Wildman–Crippen LogP) is 3.69. The number of methoxy groups -OCH3 is 1. The molecule has 1 aliphatic heterocycles. The van der Waals surface area contributed by atoms with Crippen molar-refractivity contribution in [3.63, 3.8) is 0 Å². The smallest absolute Gasteiger partial charge is 0.343 e. The van der Waals surface area contributed by atoms with E-state index in [2.05, 4.69) is 0 Å². The number of esters is 1. The van der Waals surface area contributed by atoms with Crippen molar-refractivity contribution < 1.29 is 27.4 Å². The van der Waals surface area contributed by atoms with Gasteiger partial charge in [0.1, 0.15) is 35.4 Å². The molecule has 0 unspecified atom stereocenters. The first kappa shape index (κ1) is 23.6. The van der Waals surface area contributed by atoms with E-state index < -0.39 is 17.6 Å². The van der Waals surface area contributed by atoms with E-state index in [1.807, 2.05) is 4.90 Å². The topological polar surface area (TPSA) is 60.8 Å². The number of fused-ring (bicyclic) bond motifs is 1. The Kier molecular flexibility index (Phi) is 7.02. The van der Waals surface area contributed by atoms with E-state index in [0.29, 0.717) is 30.8 Å². The molecule has 0 N–H and O–H groups in total. The van der Waals surface area contributed by atoms with Crippen LogP contribution in [0.4, 0.5) is 13.2 Å². The number of halogens is 3. The molecule has 1 aliphatic rings. The second kappa shape index (κ2) is 10.1. The average molecular weight is 472 g/mol. The van der Waals surface area contributed by atoms with Crippen LogP contribution in [-0.4, -0.2) is 35.6 Å². The van der Waals surface area contributed by atoms with E-state index in [9.17, 15) is 22.8 Å². The number of hydrogen-bond donors (Lipinski definition) is 0. The van der Waals surface area contributed by atoms with Gasteiger partial charge in [-0.05, 0) is 35.9 Å². The normalized spacial score (nSPS) is 13.8. The summed E-state index contributed by atoms with van der Waals surface area (Å²) in [5.74, 6) is -1.99. The van der Waals surface area contributed by atoms with Gasteiger partial charge in [0.2, 0.25) is 0 Å². The molecule has 0 bridgehead atoms. The molecule has 34 heavy (non-hydrogen) atoms. The number of benzene rings is 2. The van der Waals surface area contributed by atoms with Crippen LogP contribution in [0.15, 0.2) is 53.3 Å². The van der Waals surface area contributed by atoms with Crippen molar-refractivity contribution in [3.05, 3.63) is 98.7 Å². The second-order valence-corrected chi connectivity index (χ2v) is 7.99. The Hall–Kier alpha value is -3.59. The molecule has 178 valence electrons. The first-order valence-electron chi connectivity index (χ1n) is 10.7. The molecule has 0 radical (unpaired) electrons. The molecular formula is C25H23F3N2O4. The van der Waals surface area contributed by atoms with Crippen molar-refractivity contribution in [2.45, 2.75) is 26.1 Å². The van der Waals surface area contributed by atoms with Gasteiger partial charge in [0, 0.05) is 49.9 Å². The summed E-state index contributed by atoms with van der Waals surface area (Å²) in [5.41, 5.74) is 1.12. The summed E-state index contributed by atoms with van der Waals surface area (Å²) in [7, 11) is 1.24. The molecule has 0 aliphatic carbocycles. The van der Waals surface area contributed by atoms with E-state index in [1.54, 1.807) is 12.1 Å². The van der Waals surface area contributed by atoms with E-state index in [0.717, 1.165) is 18.2 Å². The zero-order chi connectivity index (χ0) is 24.2. The molecule has 4 rings (SSSR count). The number of rotatable bonds is 6. The molecule has 2 aromatic carbocycles. The lowest BCUT2D eigenvalue weighted by atomic mass is 10.1. The fraction of sp³-hybridized carbons (Fsp3) is 0.280. The van der Waals surface area contributed by atoms with Gasteiger partial charge < -0.3 is 14.0 Å². The second-order valence-electron chi connectivity index (χ2n) is 7.99. The van der Waals surface area contributed by atoms with Crippen LogP contribution in [0.1, 0.15) is 27.2 Å². The lowest BCUT2D eigenvalue weighted by molar-refractivity contribution is 0.0592. The van der Waals surface area contributed by atoms with Gasteiger partial charge >= 0.3 is 5.97 Å². The third-order valence-corrected chi connectivity index (χ3v) is 5.78. The van der Waals surface area contributed by atoms with Gasteiger partial charge in [-0.2, -0.15) is 0 Å². The molecule has 0 amide bonds. The number of aromatic nitrogens is 1. The molecule has 2 heterocycles. The first-order chi connectivity index (χ1) is 16.4. The van der Waals surface area contributed by atoms with Crippen LogP contribution in [0.3, 0.4) is 0 Å². The first-order valence-corrected chi connectivity index (χ1v) is 10.7. The lowest BCUT2D eigenvalue weighted by Crippen LogP contribution is -2.29. The summed E-state index contributed by atoms with van der Waals surface area (Å²) in [4.78, 5) is 27.4. The number of hydrogen-bond acceptors (Lipinski definition) is 5. The predicted molar refractivity (Wildman–Crippen MR) is 118 cm³/mol. The summed E-state index contributed by atoms with van der Waals surface area (Å²) in [6.45, 7) is 1.25. The fourth-order valence-corrected chi connectivity index (χ4v) is 4.03. The highest BCUT2D eigenvalue weighted by Gasteiger charge is 2.26. The highest BCUT2D eigenvalue weighted by Crippen LogP contribution is 2.25. The van der Waals surface area contributed by atoms with Crippen molar-refractivity contribution in [3.8, 4) is 5.75 Å². The van der Waals surface area contributed by atoms with Gasteiger partial charge in [0.25, 0.3) is 5.56 Å². The van der Waals surface area contributed by atoms with E-state index >= 15 is 0 Å². The summed E-state index contributed by atoms with van der Waals surface area (Å²) in [6, 6.07) is 10.2. The molecule has 0 saturated heterocycles. The number of carbonyl (C=O) groups excluding carboxylic acids is 1. The largest absolute Gasteiger partial charge is 0.488 e. The van der Waals surface area contributed by atoms with Crippen LogP contribution >= 0.6 is 0 Å². The molecule has 9 heteroatoms. The monoisotopic (exact) mass is 472 g/mol. The molecule has 1 aromatic heterocycles. The number of ether oxygens (including phenoxy) is 2. The van der Waals surface area contributed by atoms with Gasteiger partial charge in [-0.3, -0.25) is 9.69 Å². The standard InChI is InChI=1S/C25H23F3N2O4/c1-33-25(32)24-21-8-9-29(14-17-12-19(27)6-7-20(17)28)10-11-30(21)23(31)13-22(24)34-15-16-2-4-18(26)5-3-16/h2-7,12-13H,8-11,14-15H2,1H3. The van der Waals surface area contributed by atoms with E-state index in [4.69, 9.17) is 9.47 Å². The summed E-state index contributed by atoms with van der Waals surface area (Å²) >= 11 is 0. The van der Waals surface area contributed by atoms with Crippen LogP contribution in [0, 0.1) is 17.5 Å². The van der Waals surface area contributed by atoms with Crippen LogP contribution in [0.2, 0.25) is 0 Å². The third kappa shape index (κ3) is 5.14. The lowest BCUT2D eigenvalue weighted by Gasteiger charge is -2.19. The minimum Gasteiger partial charge on any atom is -0.488 e. The van der Waals surface area contributed by atoms with Gasteiger partial charge in [-0.1, -0.05) is 12.1 Å². The maximum absolute atomic E-state index is 14.1. The van der Waals surface area contributed by atoms with Crippen LogP contribution in [0.25, 0.3) is 0 Å². The Morgan fingerprint density at radius 2 is 1.71 bits per heavy atom. The van der Waals surface area contributed by atoms with E-state index in [1.165, 1.54) is 29.9 Å². The van der Waals surface area contributed by atoms with Gasteiger partial charge in [-0.25, -0.2) is 18.0 Å². The zero-order valence-corrected chi connectivity index (χ0v) is 18.5. The number of carbonyl (C=O) groups is 1. The van der Waals surface area contributed by atoms with Crippen molar-refractivity contribution in [2.75, 3.05) is 20.2 Å². The van der Waals surface area contributed by atoms with Crippen LogP contribution < -0.4 is 10.3 Å².